The molecule has 9 aromatic carbocycles. The van der Waals surface area contributed by atoms with Crippen molar-refractivity contribution in [1.82, 2.24) is 4.57 Å². The molecule has 1 spiro atoms. The van der Waals surface area contributed by atoms with Crippen LogP contribution in [0.3, 0.4) is 0 Å². The highest BCUT2D eigenvalue weighted by molar-refractivity contribution is 6.11. The lowest BCUT2D eigenvalue weighted by Gasteiger charge is -2.35. The summed E-state index contributed by atoms with van der Waals surface area (Å²) < 4.78 is 2.53. The number of fused-ring (bicyclic) bond motifs is 15. The van der Waals surface area contributed by atoms with Gasteiger partial charge in [0.2, 0.25) is 0 Å². The zero-order valence-electron chi connectivity index (χ0n) is 32.5. The number of nitrogens with zero attached hydrogens (tertiary/aromatic N) is 1. The molecule has 0 N–H and O–H groups in total. The predicted molar refractivity (Wildman–Crippen MR) is 243 cm³/mol. The van der Waals surface area contributed by atoms with Crippen LogP contribution in [0.1, 0.15) is 33.4 Å². The number of aryl methyl sites for hydroxylation is 2. The lowest BCUT2D eigenvalue weighted by molar-refractivity contribution is 0.775. The molecule has 0 saturated heterocycles. The van der Waals surface area contributed by atoms with Gasteiger partial charge in [-0.1, -0.05) is 170 Å². The van der Waals surface area contributed by atoms with Crippen molar-refractivity contribution in [2.45, 2.75) is 19.3 Å². The van der Waals surface area contributed by atoms with Gasteiger partial charge >= 0.3 is 0 Å². The molecule has 0 amide bonds. The zero-order chi connectivity index (χ0) is 38.5. The van der Waals surface area contributed by atoms with Gasteiger partial charge in [-0.3, -0.25) is 0 Å². The third-order valence-electron chi connectivity index (χ3n) is 13.1. The van der Waals surface area contributed by atoms with Crippen LogP contribution in [-0.2, 0) is 5.41 Å². The molecule has 1 aromatic heterocycles. The number of aromatic nitrogens is 1. The van der Waals surface area contributed by atoms with E-state index in [0.29, 0.717) is 0 Å². The smallest absolute Gasteiger partial charge is 0.0726 e. The Hall–Kier alpha value is -7.22. The molecule has 272 valence electrons. The molecule has 1 heteroatoms. The highest BCUT2D eigenvalue weighted by Crippen LogP contribution is 2.62. The van der Waals surface area contributed by atoms with Crippen LogP contribution in [0.4, 0.5) is 0 Å². The Morgan fingerprint density at radius 2 is 0.828 bits per heavy atom. The second-order valence-electron chi connectivity index (χ2n) is 16.1. The van der Waals surface area contributed by atoms with Crippen LogP contribution in [0.15, 0.2) is 200 Å². The standard InChI is InChI=1S/C57H39N/c1-36-16-3-4-17-40(36)47-34-38(31-30-37(47)2)39-32-33-54-48(35-39)45-22-10-14-28-53(45)58(54)55-29-15-27-52-56(55)46-23-9-13-26-51(46)57(52)49-24-11-7-20-43(49)41-18-5-6-19-42(41)44-21-8-12-25-50(44)57/h3-35H,1-2H3. The normalized spacial score (nSPS) is 13.1. The molecule has 0 bridgehead atoms. The van der Waals surface area contributed by atoms with Crippen molar-refractivity contribution in [3.8, 4) is 61.3 Å². The van der Waals surface area contributed by atoms with Crippen molar-refractivity contribution in [2.75, 3.05) is 0 Å². The largest absolute Gasteiger partial charge is 0.309 e. The van der Waals surface area contributed by atoms with Crippen molar-refractivity contribution < 1.29 is 0 Å². The fourth-order valence-electron chi connectivity index (χ4n) is 10.6. The summed E-state index contributed by atoms with van der Waals surface area (Å²) in [5.74, 6) is 0. The summed E-state index contributed by atoms with van der Waals surface area (Å²) in [6, 6.07) is 75.1. The second kappa shape index (κ2) is 12.4. The maximum atomic E-state index is 2.53. The molecule has 0 unspecified atom stereocenters. The van der Waals surface area contributed by atoms with Crippen LogP contribution < -0.4 is 0 Å². The Balaban J connectivity index is 1.13. The minimum atomic E-state index is -0.527. The zero-order valence-corrected chi connectivity index (χ0v) is 32.5. The van der Waals surface area contributed by atoms with Gasteiger partial charge < -0.3 is 4.57 Å². The van der Waals surface area contributed by atoms with Crippen LogP contribution in [0.2, 0.25) is 0 Å². The Morgan fingerprint density at radius 3 is 1.53 bits per heavy atom. The number of hydrogen-bond acceptors (Lipinski definition) is 0. The fraction of sp³-hybridized carbons (Fsp3) is 0.0526. The van der Waals surface area contributed by atoms with E-state index in [4.69, 9.17) is 0 Å². The summed E-state index contributed by atoms with van der Waals surface area (Å²) in [5, 5.41) is 2.51. The summed E-state index contributed by atoms with van der Waals surface area (Å²) >= 11 is 0. The van der Waals surface area contributed by atoms with Gasteiger partial charge in [0.15, 0.2) is 0 Å². The van der Waals surface area contributed by atoms with Gasteiger partial charge in [0.05, 0.1) is 22.1 Å². The SMILES string of the molecule is Cc1ccccc1-c1cc(-c2ccc3c(c2)c2ccccc2n3-c2cccc3c2-c2ccccc2C32c3ccccc3-c3ccccc3-c3ccccc32)ccc1C. The van der Waals surface area contributed by atoms with Crippen LogP contribution in [0, 0.1) is 13.8 Å². The van der Waals surface area contributed by atoms with Gasteiger partial charge in [-0.25, -0.2) is 0 Å². The quantitative estimate of drug-likeness (QED) is 0.170. The molecule has 2 aliphatic rings. The van der Waals surface area contributed by atoms with E-state index >= 15 is 0 Å². The van der Waals surface area contributed by atoms with Gasteiger partial charge in [0.1, 0.15) is 0 Å². The highest BCUT2D eigenvalue weighted by atomic mass is 15.0. The van der Waals surface area contributed by atoms with Crippen LogP contribution in [0.5, 0.6) is 0 Å². The van der Waals surface area contributed by atoms with E-state index in [1.807, 2.05) is 0 Å². The summed E-state index contributed by atoms with van der Waals surface area (Å²) in [6.45, 7) is 4.42. The highest BCUT2D eigenvalue weighted by Gasteiger charge is 2.50. The Kier molecular flexibility index (Phi) is 7.04. The van der Waals surface area contributed by atoms with Gasteiger partial charge in [0.25, 0.3) is 0 Å². The molecule has 0 saturated carbocycles. The third kappa shape index (κ3) is 4.42. The molecule has 0 radical (unpaired) electrons. The predicted octanol–water partition coefficient (Wildman–Crippen LogP) is 14.7. The fourth-order valence-corrected chi connectivity index (χ4v) is 10.6. The average molecular weight is 738 g/mol. The maximum absolute atomic E-state index is 2.53. The van der Waals surface area contributed by atoms with Crippen LogP contribution >= 0.6 is 0 Å². The molecule has 0 aliphatic heterocycles. The first-order valence-corrected chi connectivity index (χ1v) is 20.4. The molecule has 1 nitrogen and oxygen atoms in total. The minimum absolute atomic E-state index is 0.527. The second-order valence-corrected chi connectivity index (χ2v) is 16.1. The van der Waals surface area contributed by atoms with Crippen molar-refractivity contribution in [3.63, 3.8) is 0 Å². The summed E-state index contributed by atoms with van der Waals surface area (Å²) in [4.78, 5) is 0. The monoisotopic (exact) mass is 737 g/mol. The lowest BCUT2D eigenvalue weighted by atomic mass is 9.66. The molecule has 0 fully saturated rings. The molecule has 12 rings (SSSR count). The Bertz CT molecular complexity index is 3250. The first-order chi connectivity index (χ1) is 28.6. The first-order valence-electron chi connectivity index (χ1n) is 20.4. The number of benzene rings is 9. The molecular weight excluding hydrogens is 699 g/mol. The molecule has 10 aromatic rings. The van der Waals surface area contributed by atoms with Gasteiger partial charge in [-0.15, -0.1) is 0 Å². The van der Waals surface area contributed by atoms with Crippen LogP contribution in [0.25, 0.3) is 83.1 Å². The minimum Gasteiger partial charge on any atom is -0.309 e. The molecular formula is C57H39N. The van der Waals surface area contributed by atoms with Crippen LogP contribution in [-0.4, -0.2) is 4.57 Å². The molecule has 2 aliphatic carbocycles. The molecule has 0 atom stereocenters. The number of hydrogen-bond donors (Lipinski definition) is 0. The topological polar surface area (TPSA) is 4.93 Å². The third-order valence-corrected chi connectivity index (χ3v) is 13.1. The van der Waals surface area contributed by atoms with Gasteiger partial charge in [0, 0.05) is 16.3 Å². The maximum Gasteiger partial charge on any atom is 0.0726 e. The van der Waals surface area contributed by atoms with E-state index in [1.54, 1.807) is 0 Å². The summed E-state index contributed by atoms with van der Waals surface area (Å²) in [7, 11) is 0. The molecule has 1 heterocycles. The van der Waals surface area contributed by atoms with E-state index in [-0.39, 0.29) is 0 Å². The van der Waals surface area contributed by atoms with E-state index in [0.717, 1.165) is 0 Å². The molecule has 58 heavy (non-hydrogen) atoms. The van der Waals surface area contributed by atoms with Crippen molar-refractivity contribution in [2.24, 2.45) is 0 Å². The van der Waals surface area contributed by atoms with Crippen molar-refractivity contribution in [1.29, 1.82) is 0 Å². The Labute approximate surface area is 339 Å². The van der Waals surface area contributed by atoms with Crippen molar-refractivity contribution in [3.05, 3.63) is 234 Å². The van der Waals surface area contributed by atoms with E-state index in [1.165, 1.54) is 117 Å². The van der Waals surface area contributed by atoms with E-state index < -0.39 is 5.41 Å². The summed E-state index contributed by atoms with van der Waals surface area (Å²) in [6.07, 6.45) is 0. The average Bonchev–Trinajstić information content (AvgIpc) is 3.73. The van der Waals surface area contributed by atoms with E-state index in [9.17, 15) is 0 Å². The van der Waals surface area contributed by atoms with Gasteiger partial charge in [-0.2, -0.15) is 0 Å². The van der Waals surface area contributed by atoms with Gasteiger partial charge in [-0.05, 0) is 128 Å². The number of rotatable bonds is 3. The van der Waals surface area contributed by atoms with Crippen molar-refractivity contribution >= 4 is 21.8 Å². The Morgan fingerprint density at radius 1 is 0.328 bits per heavy atom. The first kappa shape index (κ1) is 33.0. The van der Waals surface area contributed by atoms with E-state index in [2.05, 4.69) is 219 Å². The lowest BCUT2D eigenvalue weighted by Crippen LogP contribution is -2.29. The summed E-state index contributed by atoms with van der Waals surface area (Å²) in [5.41, 5.74) is 23.7. The number of para-hydroxylation sites is 1.